The molecular formula is C13H20N2OS. The minimum atomic E-state index is -0.225. The Morgan fingerprint density at radius 2 is 2.24 bits per heavy atom. The van der Waals surface area contributed by atoms with Crippen LogP contribution in [0.3, 0.4) is 0 Å². The third kappa shape index (κ3) is 5.29. The molecule has 1 aromatic heterocycles. The Bertz CT molecular complexity index is 379. The highest BCUT2D eigenvalue weighted by Crippen LogP contribution is 2.20. The molecule has 0 saturated carbocycles. The third-order valence-corrected chi connectivity index (χ3v) is 3.71. The largest absolute Gasteiger partial charge is 0.381 e. The summed E-state index contributed by atoms with van der Waals surface area (Å²) in [5.41, 5.74) is 2.77. The quantitative estimate of drug-likeness (QED) is 0.699. The van der Waals surface area contributed by atoms with Gasteiger partial charge in [0.05, 0.1) is 29.3 Å². The summed E-state index contributed by atoms with van der Waals surface area (Å²) >= 11 is 1.69. The van der Waals surface area contributed by atoms with Gasteiger partial charge in [0.1, 0.15) is 0 Å². The Morgan fingerprint density at radius 3 is 2.82 bits per heavy atom. The third-order valence-electron chi connectivity index (χ3n) is 2.71. The van der Waals surface area contributed by atoms with Gasteiger partial charge < -0.3 is 4.74 Å². The Kier molecular flexibility index (Phi) is 5.60. The van der Waals surface area contributed by atoms with Crippen molar-refractivity contribution in [2.24, 2.45) is 5.41 Å². The van der Waals surface area contributed by atoms with Crippen molar-refractivity contribution >= 4 is 11.3 Å². The van der Waals surface area contributed by atoms with Gasteiger partial charge >= 0.3 is 0 Å². The summed E-state index contributed by atoms with van der Waals surface area (Å²) in [6.07, 6.45) is 2.78. The molecule has 4 heteroatoms. The molecule has 0 radical (unpaired) electrons. The molecule has 0 aliphatic heterocycles. The summed E-state index contributed by atoms with van der Waals surface area (Å²) in [5.74, 6) is 0. The van der Waals surface area contributed by atoms with Crippen molar-refractivity contribution in [1.82, 2.24) is 4.98 Å². The molecule has 0 aliphatic carbocycles. The number of aromatic nitrogens is 1. The SMILES string of the molecule is Cc1ncsc1CCOCCCC(C)(C)C#N. The molecule has 0 N–H and O–H groups in total. The Balaban J connectivity index is 2.06. The zero-order chi connectivity index (χ0) is 12.7. The number of rotatable bonds is 7. The molecule has 17 heavy (non-hydrogen) atoms. The maximum absolute atomic E-state index is 8.86. The molecule has 0 saturated heterocycles. The van der Waals surface area contributed by atoms with Gasteiger partial charge in [-0.2, -0.15) is 5.26 Å². The Labute approximate surface area is 107 Å². The molecule has 94 valence electrons. The van der Waals surface area contributed by atoms with E-state index in [1.54, 1.807) is 11.3 Å². The maximum atomic E-state index is 8.86. The molecule has 0 atom stereocenters. The molecule has 1 aromatic rings. The number of nitriles is 1. The van der Waals surface area contributed by atoms with Gasteiger partial charge in [-0.3, -0.25) is 0 Å². The highest BCUT2D eigenvalue weighted by Gasteiger charge is 2.15. The van der Waals surface area contributed by atoms with Crippen LogP contribution in [0.5, 0.6) is 0 Å². The van der Waals surface area contributed by atoms with Crippen molar-refractivity contribution in [2.75, 3.05) is 13.2 Å². The summed E-state index contributed by atoms with van der Waals surface area (Å²) < 4.78 is 5.57. The maximum Gasteiger partial charge on any atom is 0.0797 e. The first-order valence-corrected chi connectivity index (χ1v) is 6.81. The van der Waals surface area contributed by atoms with Gasteiger partial charge in [0.15, 0.2) is 0 Å². The van der Waals surface area contributed by atoms with Crippen molar-refractivity contribution < 1.29 is 4.74 Å². The second kappa shape index (κ2) is 6.73. The van der Waals surface area contributed by atoms with Crippen LogP contribution in [0, 0.1) is 23.7 Å². The first-order chi connectivity index (χ1) is 8.05. The number of thiazole rings is 1. The number of ether oxygens (including phenoxy) is 1. The van der Waals surface area contributed by atoms with Gasteiger partial charge in [0.2, 0.25) is 0 Å². The van der Waals surface area contributed by atoms with E-state index < -0.39 is 0 Å². The van der Waals surface area contributed by atoms with E-state index in [9.17, 15) is 0 Å². The lowest BCUT2D eigenvalue weighted by Crippen LogP contribution is -2.09. The second-order valence-corrected chi connectivity index (χ2v) is 5.76. The second-order valence-electron chi connectivity index (χ2n) is 4.82. The Morgan fingerprint density at radius 1 is 1.47 bits per heavy atom. The number of hydrogen-bond donors (Lipinski definition) is 0. The molecule has 0 aromatic carbocycles. The van der Waals surface area contributed by atoms with E-state index in [2.05, 4.69) is 11.1 Å². The van der Waals surface area contributed by atoms with Crippen LogP contribution >= 0.6 is 11.3 Å². The van der Waals surface area contributed by atoms with E-state index in [0.29, 0.717) is 0 Å². The van der Waals surface area contributed by atoms with Crippen LogP contribution in [-0.4, -0.2) is 18.2 Å². The summed E-state index contributed by atoms with van der Waals surface area (Å²) in [6, 6.07) is 2.30. The molecule has 0 bridgehead atoms. The van der Waals surface area contributed by atoms with Crippen molar-refractivity contribution in [1.29, 1.82) is 5.26 Å². The average molecular weight is 252 g/mol. The summed E-state index contributed by atoms with van der Waals surface area (Å²) in [6.45, 7) is 7.45. The standard InChI is InChI=1S/C13H20N2OS/c1-11-12(17-10-15-11)5-8-16-7-4-6-13(2,3)9-14/h10H,4-8H2,1-3H3. The molecule has 1 rings (SSSR count). The molecule has 0 fully saturated rings. The smallest absolute Gasteiger partial charge is 0.0797 e. The minimum Gasteiger partial charge on any atom is -0.381 e. The van der Waals surface area contributed by atoms with Crippen molar-refractivity contribution in [3.63, 3.8) is 0 Å². The van der Waals surface area contributed by atoms with E-state index in [0.717, 1.165) is 38.2 Å². The lowest BCUT2D eigenvalue weighted by atomic mass is 9.90. The van der Waals surface area contributed by atoms with Gasteiger partial charge in [0.25, 0.3) is 0 Å². The Hall–Kier alpha value is -0.920. The van der Waals surface area contributed by atoms with E-state index in [-0.39, 0.29) is 5.41 Å². The summed E-state index contributed by atoms with van der Waals surface area (Å²) in [7, 11) is 0. The molecule has 1 heterocycles. The van der Waals surface area contributed by atoms with Crippen LogP contribution in [0.15, 0.2) is 5.51 Å². The van der Waals surface area contributed by atoms with Gasteiger partial charge in [-0.1, -0.05) is 0 Å². The predicted molar refractivity (Wildman–Crippen MR) is 70.0 cm³/mol. The summed E-state index contributed by atoms with van der Waals surface area (Å²) in [4.78, 5) is 5.51. The first-order valence-electron chi connectivity index (χ1n) is 5.93. The topological polar surface area (TPSA) is 45.9 Å². The van der Waals surface area contributed by atoms with Gasteiger partial charge in [-0.05, 0) is 33.6 Å². The van der Waals surface area contributed by atoms with Gasteiger partial charge in [0, 0.05) is 17.9 Å². The monoisotopic (exact) mass is 252 g/mol. The fourth-order valence-electron chi connectivity index (χ4n) is 1.51. The lowest BCUT2D eigenvalue weighted by molar-refractivity contribution is 0.128. The average Bonchev–Trinajstić information content (AvgIpc) is 2.69. The zero-order valence-corrected chi connectivity index (χ0v) is 11.6. The summed E-state index contributed by atoms with van der Waals surface area (Å²) in [5, 5.41) is 8.86. The predicted octanol–water partition coefficient (Wildman–Crippen LogP) is 3.34. The van der Waals surface area contributed by atoms with Crippen molar-refractivity contribution in [3.05, 3.63) is 16.1 Å². The van der Waals surface area contributed by atoms with Crippen LogP contribution in [0.25, 0.3) is 0 Å². The first kappa shape index (κ1) is 14.1. The van der Waals surface area contributed by atoms with E-state index in [4.69, 9.17) is 10.00 Å². The normalized spacial score (nSPS) is 11.4. The van der Waals surface area contributed by atoms with Gasteiger partial charge in [-0.15, -0.1) is 11.3 Å². The van der Waals surface area contributed by atoms with Gasteiger partial charge in [-0.25, -0.2) is 4.98 Å². The molecule has 0 amide bonds. The van der Waals surface area contributed by atoms with Crippen LogP contribution in [0.4, 0.5) is 0 Å². The van der Waals surface area contributed by atoms with E-state index >= 15 is 0 Å². The van der Waals surface area contributed by atoms with Crippen LogP contribution < -0.4 is 0 Å². The number of nitrogens with zero attached hydrogens (tertiary/aromatic N) is 2. The molecule has 0 unspecified atom stereocenters. The molecule has 0 spiro atoms. The van der Waals surface area contributed by atoms with Crippen molar-refractivity contribution in [3.8, 4) is 6.07 Å². The van der Waals surface area contributed by atoms with Crippen LogP contribution in [-0.2, 0) is 11.2 Å². The number of aryl methyl sites for hydroxylation is 1. The number of hydrogen-bond acceptors (Lipinski definition) is 4. The minimum absolute atomic E-state index is 0.225. The zero-order valence-electron chi connectivity index (χ0n) is 10.8. The van der Waals surface area contributed by atoms with E-state index in [1.807, 2.05) is 26.3 Å². The fraction of sp³-hybridized carbons (Fsp3) is 0.692. The molecule has 3 nitrogen and oxygen atoms in total. The van der Waals surface area contributed by atoms with Crippen LogP contribution in [0.1, 0.15) is 37.3 Å². The molecule has 0 aliphatic rings. The molecular weight excluding hydrogens is 232 g/mol. The fourth-order valence-corrected chi connectivity index (χ4v) is 2.27. The van der Waals surface area contributed by atoms with Crippen LogP contribution in [0.2, 0.25) is 0 Å². The van der Waals surface area contributed by atoms with E-state index in [1.165, 1.54) is 4.88 Å². The van der Waals surface area contributed by atoms with Crippen molar-refractivity contribution in [2.45, 2.75) is 40.0 Å². The highest BCUT2D eigenvalue weighted by molar-refractivity contribution is 7.09. The lowest BCUT2D eigenvalue weighted by Gasteiger charge is -2.14. The highest BCUT2D eigenvalue weighted by atomic mass is 32.1.